The summed E-state index contributed by atoms with van der Waals surface area (Å²) in [6.07, 6.45) is 2.63. The van der Waals surface area contributed by atoms with Gasteiger partial charge in [-0.25, -0.2) is 9.97 Å². The molecule has 6 nitrogen and oxygen atoms in total. The maximum Gasteiger partial charge on any atom is 0.272 e. The average molecular weight is 304 g/mol. The first-order chi connectivity index (χ1) is 10.1. The summed E-state index contributed by atoms with van der Waals surface area (Å²) in [6.45, 7) is 4.69. The lowest BCUT2D eigenvalue weighted by atomic mass is 10.2. The van der Waals surface area contributed by atoms with Gasteiger partial charge in [0.2, 0.25) is 0 Å². The van der Waals surface area contributed by atoms with Crippen LogP contribution in [0.1, 0.15) is 19.0 Å². The van der Waals surface area contributed by atoms with Gasteiger partial charge in [0.25, 0.3) is 5.69 Å². The van der Waals surface area contributed by atoms with Crippen LogP contribution in [0.4, 0.5) is 11.4 Å². The molecule has 110 valence electrons. The third-order valence-corrected chi connectivity index (χ3v) is 3.51. The highest BCUT2D eigenvalue weighted by Gasteiger charge is 2.11. The maximum absolute atomic E-state index is 11.0. The first-order valence-corrected chi connectivity index (χ1v) is 7.41. The SMILES string of the molecule is CCCNc1cc(Sc2nccc(C)n2)cc([N+](=O)[O-])c1. The van der Waals surface area contributed by atoms with Crippen LogP contribution in [-0.4, -0.2) is 21.4 Å². The summed E-state index contributed by atoms with van der Waals surface area (Å²) in [4.78, 5) is 19.8. The number of hydrogen-bond donors (Lipinski definition) is 1. The predicted octanol–water partition coefficient (Wildman–Crippen LogP) is 3.67. The lowest BCUT2D eigenvalue weighted by Gasteiger charge is -2.07. The van der Waals surface area contributed by atoms with E-state index >= 15 is 0 Å². The number of nitro groups is 1. The number of anilines is 1. The van der Waals surface area contributed by atoms with E-state index < -0.39 is 4.92 Å². The van der Waals surface area contributed by atoms with Crippen LogP contribution in [0.25, 0.3) is 0 Å². The van der Waals surface area contributed by atoms with E-state index in [-0.39, 0.29) is 5.69 Å². The molecular weight excluding hydrogens is 288 g/mol. The van der Waals surface area contributed by atoms with E-state index in [9.17, 15) is 10.1 Å². The second kappa shape index (κ2) is 7.03. The van der Waals surface area contributed by atoms with Crippen LogP contribution < -0.4 is 5.32 Å². The minimum absolute atomic E-state index is 0.0613. The normalized spacial score (nSPS) is 10.4. The number of hydrogen-bond acceptors (Lipinski definition) is 6. The van der Waals surface area contributed by atoms with Crippen LogP contribution in [-0.2, 0) is 0 Å². The van der Waals surface area contributed by atoms with Crippen molar-refractivity contribution in [3.05, 3.63) is 46.3 Å². The van der Waals surface area contributed by atoms with Gasteiger partial charge in [0.05, 0.1) is 4.92 Å². The van der Waals surface area contributed by atoms with E-state index in [1.807, 2.05) is 26.0 Å². The number of nitrogens with one attached hydrogen (secondary N) is 1. The highest BCUT2D eigenvalue weighted by atomic mass is 32.2. The van der Waals surface area contributed by atoms with Gasteiger partial charge < -0.3 is 5.32 Å². The smallest absolute Gasteiger partial charge is 0.272 e. The first kappa shape index (κ1) is 15.2. The summed E-state index contributed by atoms with van der Waals surface area (Å²) in [5.41, 5.74) is 1.66. The molecule has 2 rings (SSSR count). The summed E-state index contributed by atoms with van der Waals surface area (Å²) in [6, 6.07) is 6.76. The lowest BCUT2D eigenvalue weighted by Crippen LogP contribution is -2.00. The van der Waals surface area contributed by atoms with Gasteiger partial charge in [0.1, 0.15) is 0 Å². The third-order valence-electron chi connectivity index (χ3n) is 2.66. The van der Waals surface area contributed by atoms with Crippen molar-refractivity contribution in [1.82, 2.24) is 9.97 Å². The fourth-order valence-corrected chi connectivity index (χ4v) is 2.58. The molecule has 0 radical (unpaired) electrons. The van der Waals surface area contributed by atoms with Crippen molar-refractivity contribution in [3.63, 3.8) is 0 Å². The molecule has 0 atom stereocenters. The minimum Gasteiger partial charge on any atom is -0.385 e. The molecule has 0 aliphatic heterocycles. The number of benzene rings is 1. The second-order valence-corrected chi connectivity index (χ2v) is 5.52. The molecule has 0 saturated carbocycles. The zero-order chi connectivity index (χ0) is 15.2. The monoisotopic (exact) mass is 304 g/mol. The number of rotatable bonds is 6. The van der Waals surface area contributed by atoms with Gasteiger partial charge in [0.15, 0.2) is 5.16 Å². The third kappa shape index (κ3) is 4.42. The predicted molar refractivity (Wildman–Crippen MR) is 82.8 cm³/mol. The van der Waals surface area contributed by atoms with Crippen molar-refractivity contribution in [2.45, 2.75) is 30.3 Å². The second-order valence-electron chi connectivity index (χ2n) is 4.48. The van der Waals surface area contributed by atoms with Crippen molar-refractivity contribution in [3.8, 4) is 0 Å². The zero-order valence-electron chi connectivity index (χ0n) is 11.9. The van der Waals surface area contributed by atoms with E-state index in [1.165, 1.54) is 23.9 Å². The van der Waals surface area contributed by atoms with Crippen molar-refractivity contribution in [1.29, 1.82) is 0 Å². The Morgan fingerprint density at radius 1 is 1.38 bits per heavy atom. The van der Waals surface area contributed by atoms with Crippen LogP contribution >= 0.6 is 11.8 Å². The Hall–Kier alpha value is -2.15. The van der Waals surface area contributed by atoms with Gasteiger partial charge in [-0.15, -0.1) is 0 Å². The fourth-order valence-electron chi connectivity index (χ4n) is 1.70. The molecule has 1 aromatic carbocycles. The van der Waals surface area contributed by atoms with Crippen molar-refractivity contribution < 1.29 is 4.92 Å². The lowest BCUT2D eigenvalue weighted by molar-refractivity contribution is -0.385. The Labute approximate surface area is 127 Å². The molecule has 0 aliphatic rings. The van der Waals surface area contributed by atoms with Crippen LogP contribution in [0.15, 0.2) is 40.5 Å². The van der Waals surface area contributed by atoms with E-state index in [0.29, 0.717) is 5.16 Å². The van der Waals surface area contributed by atoms with Crippen molar-refractivity contribution in [2.24, 2.45) is 0 Å². The highest BCUT2D eigenvalue weighted by Crippen LogP contribution is 2.31. The van der Waals surface area contributed by atoms with E-state index in [2.05, 4.69) is 15.3 Å². The molecule has 2 aromatic rings. The number of aromatic nitrogens is 2. The maximum atomic E-state index is 11.0. The number of nitro benzene ring substituents is 1. The molecule has 0 amide bonds. The van der Waals surface area contributed by atoms with Crippen LogP contribution in [0.3, 0.4) is 0 Å². The van der Waals surface area contributed by atoms with Gasteiger partial charge in [-0.3, -0.25) is 10.1 Å². The minimum atomic E-state index is -0.391. The summed E-state index contributed by atoms with van der Waals surface area (Å²) in [7, 11) is 0. The summed E-state index contributed by atoms with van der Waals surface area (Å²) >= 11 is 1.31. The van der Waals surface area contributed by atoms with Crippen molar-refractivity contribution >= 4 is 23.1 Å². The molecule has 1 heterocycles. The van der Waals surface area contributed by atoms with Crippen LogP contribution in [0, 0.1) is 17.0 Å². The average Bonchev–Trinajstić information content (AvgIpc) is 2.45. The summed E-state index contributed by atoms with van der Waals surface area (Å²) in [5, 5.41) is 14.8. The Bertz CT molecular complexity index is 649. The molecule has 0 aliphatic carbocycles. The molecule has 7 heteroatoms. The Morgan fingerprint density at radius 2 is 2.19 bits per heavy atom. The summed E-state index contributed by atoms with van der Waals surface area (Å²) in [5.74, 6) is 0. The Kier molecular flexibility index (Phi) is 5.10. The topological polar surface area (TPSA) is 81.0 Å². The van der Waals surface area contributed by atoms with Gasteiger partial charge in [0, 0.05) is 41.2 Å². The quantitative estimate of drug-likeness (QED) is 0.498. The van der Waals surface area contributed by atoms with Gasteiger partial charge in [-0.05, 0) is 37.2 Å². The van der Waals surface area contributed by atoms with Crippen molar-refractivity contribution in [2.75, 3.05) is 11.9 Å². The Morgan fingerprint density at radius 3 is 2.86 bits per heavy atom. The standard InChI is InChI=1S/C14H16N4O2S/c1-3-5-15-11-7-12(18(19)20)9-13(8-11)21-14-16-6-4-10(2)17-14/h4,6-9,15H,3,5H2,1-2H3. The van der Waals surface area contributed by atoms with Gasteiger partial charge in [-0.2, -0.15) is 0 Å². The Balaban J connectivity index is 2.28. The molecule has 21 heavy (non-hydrogen) atoms. The van der Waals surface area contributed by atoms with E-state index in [4.69, 9.17) is 0 Å². The fraction of sp³-hybridized carbons (Fsp3) is 0.286. The van der Waals surface area contributed by atoms with E-state index in [0.717, 1.165) is 29.2 Å². The number of nitrogens with zero attached hydrogens (tertiary/aromatic N) is 3. The van der Waals surface area contributed by atoms with Crippen LogP contribution in [0.2, 0.25) is 0 Å². The van der Waals surface area contributed by atoms with Gasteiger partial charge >= 0.3 is 0 Å². The zero-order valence-corrected chi connectivity index (χ0v) is 12.7. The number of non-ortho nitro benzene ring substituents is 1. The molecule has 0 fully saturated rings. The molecular formula is C14H16N4O2S. The molecule has 0 bridgehead atoms. The highest BCUT2D eigenvalue weighted by molar-refractivity contribution is 7.99. The molecule has 0 spiro atoms. The number of aryl methyl sites for hydroxylation is 1. The summed E-state index contributed by atoms with van der Waals surface area (Å²) < 4.78 is 0. The molecule has 0 saturated heterocycles. The molecule has 1 N–H and O–H groups in total. The van der Waals surface area contributed by atoms with Gasteiger partial charge in [-0.1, -0.05) is 6.92 Å². The molecule has 1 aromatic heterocycles. The first-order valence-electron chi connectivity index (χ1n) is 6.59. The van der Waals surface area contributed by atoms with E-state index in [1.54, 1.807) is 6.20 Å². The molecule has 0 unspecified atom stereocenters. The van der Waals surface area contributed by atoms with Crippen LogP contribution in [0.5, 0.6) is 0 Å². The largest absolute Gasteiger partial charge is 0.385 e.